The predicted molar refractivity (Wildman–Crippen MR) is 71.5 cm³/mol. The molecule has 0 radical (unpaired) electrons. The van der Waals surface area contributed by atoms with Crippen LogP contribution >= 0.6 is 0 Å². The van der Waals surface area contributed by atoms with Crippen LogP contribution in [0.25, 0.3) is 0 Å². The quantitative estimate of drug-likeness (QED) is 0.921. The van der Waals surface area contributed by atoms with Gasteiger partial charge >= 0.3 is 6.29 Å². The van der Waals surface area contributed by atoms with Crippen LogP contribution in [-0.2, 0) is 0 Å². The van der Waals surface area contributed by atoms with Gasteiger partial charge in [0.25, 0.3) is 0 Å². The molecule has 3 rings (SSSR count). The molecule has 0 amide bonds. The molecular formula is C14H18F2N2O2. The van der Waals surface area contributed by atoms with E-state index in [-0.39, 0.29) is 11.5 Å². The molecule has 0 aromatic heterocycles. The standard InChI is InChI=1S/C14H18F2N2O2/c1-2-17-8-10-5-6-18(9-10)11-3-4-12-13(7-11)20-14(15,16)19-12/h3-4,7,10,17H,2,5-6,8-9H2,1H3. The molecule has 1 saturated heterocycles. The van der Waals surface area contributed by atoms with E-state index in [0.29, 0.717) is 5.92 Å². The van der Waals surface area contributed by atoms with Crippen molar-refractivity contribution in [3.05, 3.63) is 18.2 Å². The van der Waals surface area contributed by atoms with Crippen LogP contribution in [0.5, 0.6) is 11.5 Å². The first-order valence-electron chi connectivity index (χ1n) is 6.93. The number of ether oxygens (including phenoxy) is 2. The number of alkyl halides is 2. The molecule has 1 atom stereocenters. The molecule has 2 aliphatic heterocycles. The second kappa shape index (κ2) is 5.09. The lowest BCUT2D eigenvalue weighted by Gasteiger charge is -2.19. The number of hydrogen-bond acceptors (Lipinski definition) is 4. The topological polar surface area (TPSA) is 33.7 Å². The fourth-order valence-electron chi connectivity index (χ4n) is 2.72. The van der Waals surface area contributed by atoms with Crippen molar-refractivity contribution in [1.29, 1.82) is 0 Å². The highest BCUT2D eigenvalue weighted by Gasteiger charge is 2.43. The largest absolute Gasteiger partial charge is 0.586 e. The van der Waals surface area contributed by atoms with Gasteiger partial charge in [-0.3, -0.25) is 0 Å². The van der Waals surface area contributed by atoms with Crippen molar-refractivity contribution < 1.29 is 18.3 Å². The highest BCUT2D eigenvalue weighted by molar-refractivity contribution is 5.58. The van der Waals surface area contributed by atoms with Crippen molar-refractivity contribution in [3.8, 4) is 11.5 Å². The molecule has 0 aliphatic carbocycles. The van der Waals surface area contributed by atoms with E-state index in [9.17, 15) is 8.78 Å². The van der Waals surface area contributed by atoms with Gasteiger partial charge in [-0.15, -0.1) is 8.78 Å². The zero-order valence-electron chi connectivity index (χ0n) is 11.4. The third-order valence-corrected chi connectivity index (χ3v) is 3.72. The Kier molecular flexibility index (Phi) is 3.41. The van der Waals surface area contributed by atoms with Gasteiger partial charge in [-0.05, 0) is 37.6 Å². The molecule has 1 unspecified atom stereocenters. The fourth-order valence-corrected chi connectivity index (χ4v) is 2.72. The summed E-state index contributed by atoms with van der Waals surface area (Å²) in [5, 5.41) is 3.34. The van der Waals surface area contributed by atoms with Gasteiger partial charge < -0.3 is 19.7 Å². The lowest BCUT2D eigenvalue weighted by molar-refractivity contribution is -0.286. The van der Waals surface area contributed by atoms with Crippen LogP contribution in [-0.4, -0.2) is 32.5 Å². The fraction of sp³-hybridized carbons (Fsp3) is 0.571. The summed E-state index contributed by atoms with van der Waals surface area (Å²) in [5.74, 6) is 0.812. The van der Waals surface area contributed by atoms with Crippen LogP contribution < -0.4 is 19.7 Å². The second-order valence-corrected chi connectivity index (χ2v) is 5.21. The highest BCUT2D eigenvalue weighted by atomic mass is 19.3. The molecule has 4 nitrogen and oxygen atoms in total. The monoisotopic (exact) mass is 284 g/mol. The number of benzene rings is 1. The lowest BCUT2D eigenvalue weighted by atomic mass is 10.1. The molecule has 2 heterocycles. The Hall–Kier alpha value is -1.56. The van der Waals surface area contributed by atoms with E-state index in [1.165, 1.54) is 0 Å². The number of fused-ring (bicyclic) bond motifs is 1. The van der Waals surface area contributed by atoms with Crippen molar-refractivity contribution >= 4 is 5.69 Å². The van der Waals surface area contributed by atoms with Gasteiger partial charge in [0.2, 0.25) is 0 Å². The van der Waals surface area contributed by atoms with E-state index >= 15 is 0 Å². The molecule has 0 bridgehead atoms. The maximum Gasteiger partial charge on any atom is 0.586 e. The summed E-state index contributed by atoms with van der Waals surface area (Å²) >= 11 is 0. The van der Waals surface area contributed by atoms with Crippen molar-refractivity contribution in [2.75, 3.05) is 31.1 Å². The molecule has 110 valence electrons. The van der Waals surface area contributed by atoms with Gasteiger partial charge in [0.1, 0.15) is 0 Å². The Balaban J connectivity index is 1.68. The minimum Gasteiger partial charge on any atom is -0.395 e. The third kappa shape index (κ3) is 2.65. The predicted octanol–water partition coefficient (Wildman–Crippen LogP) is 2.44. The molecule has 1 aromatic rings. The number of nitrogens with zero attached hydrogens (tertiary/aromatic N) is 1. The van der Waals surface area contributed by atoms with E-state index in [1.54, 1.807) is 18.2 Å². The van der Waals surface area contributed by atoms with Gasteiger partial charge in [-0.1, -0.05) is 6.92 Å². The molecular weight excluding hydrogens is 266 g/mol. The zero-order valence-corrected chi connectivity index (χ0v) is 11.4. The van der Waals surface area contributed by atoms with E-state index in [4.69, 9.17) is 0 Å². The van der Waals surface area contributed by atoms with Gasteiger partial charge in [0, 0.05) is 24.8 Å². The Morgan fingerprint density at radius 2 is 2.15 bits per heavy atom. The Labute approximate surface area is 116 Å². The first-order valence-corrected chi connectivity index (χ1v) is 6.93. The van der Waals surface area contributed by atoms with E-state index in [2.05, 4.69) is 26.6 Å². The van der Waals surface area contributed by atoms with Gasteiger partial charge in [0.15, 0.2) is 11.5 Å². The van der Waals surface area contributed by atoms with Gasteiger partial charge in [0.05, 0.1) is 0 Å². The van der Waals surface area contributed by atoms with E-state index in [1.807, 2.05) is 0 Å². The van der Waals surface area contributed by atoms with E-state index < -0.39 is 6.29 Å². The molecule has 0 spiro atoms. The molecule has 1 fully saturated rings. The number of nitrogens with one attached hydrogen (secondary N) is 1. The summed E-state index contributed by atoms with van der Waals surface area (Å²) in [6.07, 6.45) is -2.43. The molecule has 1 N–H and O–H groups in total. The summed E-state index contributed by atoms with van der Waals surface area (Å²) in [4.78, 5) is 2.20. The number of rotatable bonds is 4. The van der Waals surface area contributed by atoms with Crippen molar-refractivity contribution in [2.24, 2.45) is 5.92 Å². The maximum absolute atomic E-state index is 13.0. The van der Waals surface area contributed by atoms with Crippen LogP contribution in [0.4, 0.5) is 14.5 Å². The summed E-state index contributed by atoms with van der Waals surface area (Å²) in [6, 6.07) is 4.98. The van der Waals surface area contributed by atoms with Crippen LogP contribution in [0.2, 0.25) is 0 Å². The van der Waals surface area contributed by atoms with Crippen molar-refractivity contribution in [3.63, 3.8) is 0 Å². The summed E-state index contributed by atoms with van der Waals surface area (Å²) in [7, 11) is 0. The lowest BCUT2D eigenvalue weighted by Crippen LogP contribution is -2.26. The minimum atomic E-state index is -3.54. The first kappa shape index (κ1) is 13.4. The minimum absolute atomic E-state index is 0.0992. The van der Waals surface area contributed by atoms with E-state index in [0.717, 1.165) is 38.3 Å². The Bertz CT molecular complexity index is 496. The first-order chi connectivity index (χ1) is 9.57. The summed E-state index contributed by atoms with van der Waals surface area (Å²) < 4.78 is 34.9. The smallest absolute Gasteiger partial charge is 0.395 e. The Morgan fingerprint density at radius 1 is 1.35 bits per heavy atom. The van der Waals surface area contributed by atoms with Crippen LogP contribution in [0.3, 0.4) is 0 Å². The molecule has 1 aromatic carbocycles. The zero-order chi connectivity index (χ0) is 14.2. The number of anilines is 1. The molecule has 20 heavy (non-hydrogen) atoms. The van der Waals surface area contributed by atoms with Gasteiger partial charge in [-0.25, -0.2) is 0 Å². The summed E-state index contributed by atoms with van der Waals surface area (Å²) in [5.41, 5.74) is 0.907. The van der Waals surface area contributed by atoms with Crippen LogP contribution in [0.1, 0.15) is 13.3 Å². The number of hydrogen-bond donors (Lipinski definition) is 1. The van der Waals surface area contributed by atoms with Crippen molar-refractivity contribution in [2.45, 2.75) is 19.6 Å². The second-order valence-electron chi connectivity index (χ2n) is 5.21. The SMILES string of the molecule is CCNCC1CCN(c2ccc3c(c2)OC(F)(F)O3)C1. The van der Waals surface area contributed by atoms with Crippen LogP contribution in [0.15, 0.2) is 18.2 Å². The molecule has 6 heteroatoms. The maximum atomic E-state index is 13.0. The molecule has 2 aliphatic rings. The normalized spacial score (nSPS) is 23.4. The average Bonchev–Trinajstić information content (AvgIpc) is 2.97. The summed E-state index contributed by atoms with van der Waals surface area (Å²) in [6.45, 7) is 5.92. The van der Waals surface area contributed by atoms with Crippen molar-refractivity contribution in [1.82, 2.24) is 5.32 Å². The van der Waals surface area contributed by atoms with Crippen LogP contribution in [0, 0.1) is 5.92 Å². The van der Waals surface area contributed by atoms with Gasteiger partial charge in [-0.2, -0.15) is 0 Å². The average molecular weight is 284 g/mol. The highest BCUT2D eigenvalue weighted by Crippen LogP contribution is 2.43. The third-order valence-electron chi connectivity index (χ3n) is 3.72. The molecule has 0 saturated carbocycles. The Morgan fingerprint density at radius 3 is 2.95 bits per heavy atom. The number of halogens is 2.